The molecule has 2 atom stereocenters. The van der Waals surface area contributed by atoms with Gasteiger partial charge < -0.3 is 5.11 Å². The molecule has 0 aliphatic heterocycles. The van der Waals surface area contributed by atoms with Crippen LogP contribution in [0.5, 0.6) is 0 Å². The molecule has 0 aromatic heterocycles. The zero-order valence-electron chi connectivity index (χ0n) is 7.34. The Morgan fingerprint density at radius 1 is 1.77 bits per heavy atom. The Morgan fingerprint density at radius 3 is 2.69 bits per heavy atom. The zero-order valence-corrected chi connectivity index (χ0v) is 8.10. The average Bonchev–Trinajstić information content (AvgIpc) is 2.08. The van der Waals surface area contributed by atoms with Crippen molar-refractivity contribution in [2.75, 3.05) is 0 Å². The molecule has 1 aliphatic carbocycles. The van der Waals surface area contributed by atoms with Gasteiger partial charge in [-0.05, 0) is 18.6 Å². The van der Waals surface area contributed by atoms with Gasteiger partial charge in [0, 0.05) is 11.0 Å². The summed E-state index contributed by atoms with van der Waals surface area (Å²) in [6, 6.07) is 0. The van der Waals surface area contributed by atoms with Crippen molar-refractivity contribution >= 4 is 17.6 Å². The quantitative estimate of drug-likeness (QED) is 0.713. The van der Waals surface area contributed by atoms with E-state index in [0.29, 0.717) is 0 Å². The van der Waals surface area contributed by atoms with Crippen LogP contribution in [0.15, 0.2) is 22.8 Å². The molecular weight excluding hydrogens is 195 g/mol. The molecule has 0 bridgehead atoms. The highest BCUT2D eigenvalue weighted by molar-refractivity contribution is 6.32. The van der Waals surface area contributed by atoms with Crippen molar-refractivity contribution in [1.29, 1.82) is 0 Å². The number of allylic oxidation sites excluding steroid dienone is 3. The van der Waals surface area contributed by atoms with Crippen molar-refractivity contribution in [3.63, 3.8) is 0 Å². The van der Waals surface area contributed by atoms with Crippen LogP contribution in [-0.2, 0) is 4.79 Å². The van der Waals surface area contributed by atoms with E-state index in [1.165, 1.54) is 26.0 Å². The van der Waals surface area contributed by atoms with E-state index in [-0.39, 0.29) is 10.6 Å². The Bertz CT molecular complexity index is 309. The van der Waals surface area contributed by atoms with Crippen LogP contribution < -0.4 is 0 Å². The fourth-order valence-corrected chi connectivity index (χ4v) is 1.57. The molecule has 2 unspecified atom stereocenters. The molecule has 0 spiro atoms. The number of carboxylic acids is 1. The fourth-order valence-electron chi connectivity index (χ4n) is 1.36. The Labute approximate surface area is 80.7 Å². The number of carboxylic acid groups (broad SMARTS) is 1. The highest BCUT2D eigenvalue weighted by atomic mass is 35.5. The van der Waals surface area contributed by atoms with E-state index in [1.807, 2.05) is 0 Å². The number of aliphatic carboxylic acids is 1. The first-order chi connectivity index (χ1) is 5.90. The second-order valence-corrected chi connectivity index (χ2v) is 3.54. The third kappa shape index (κ3) is 1.37. The first kappa shape index (κ1) is 10.3. The van der Waals surface area contributed by atoms with E-state index in [2.05, 4.69) is 0 Å². The lowest BCUT2D eigenvalue weighted by Crippen LogP contribution is -2.42. The van der Waals surface area contributed by atoms with Crippen molar-refractivity contribution in [2.24, 2.45) is 5.92 Å². The van der Waals surface area contributed by atoms with Crippen LogP contribution in [0.25, 0.3) is 0 Å². The van der Waals surface area contributed by atoms with E-state index in [9.17, 15) is 9.18 Å². The lowest BCUT2D eigenvalue weighted by atomic mass is 9.81. The first-order valence-corrected chi connectivity index (χ1v) is 4.26. The van der Waals surface area contributed by atoms with Gasteiger partial charge in [0.25, 0.3) is 0 Å². The highest BCUT2D eigenvalue weighted by Gasteiger charge is 2.47. The van der Waals surface area contributed by atoms with Gasteiger partial charge in [0.2, 0.25) is 5.67 Å². The third-order valence-electron chi connectivity index (χ3n) is 2.37. The normalized spacial score (nSPS) is 33.7. The summed E-state index contributed by atoms with van der Waals surface area (Å²) in [5.41, 5.74) is -2.29. The molecular formula is C9H10ClFO2. The lowest BCUT2D eigenvalue weighted by Gasteiger charge is -2.29. The van der Waals surface area contributed by atoms with E-state index in [4.69, 9.17) is 16.7 Å². The molecule has 1 aliphatic rings. The first-order valence-electron chi connectivity index (χ1n) is 3.88. The van der Waals surface area contributed by atoms with Crippen molar-refractivity contribution in [1.82, 2.24) is 0 Å². The van der Waals surface area contributed by atoms with Crippen molar-refractivity contribution in [2.45, 2.75) is 19.5 Å². The molecule has 0 aromatic carbocycles. The largest absolute Gasteiger partial charge is 0.479 e. The van der Waals surface area contributed by atoms with Crippen molar-refractivity contribution in [3.05, 3.63) is 22.8 Å². The number of hydrogen-bond donors (Lipinski definition) is 1. The summed E-state index contributed by atoms with van der Waals surface area (Å²) in [5.74, 6) is -2.17. The summed E-state index contributed by atoms with van der Waals surface area (Å²) < 4.78 is 13.9. The van der Waals surface area contributed by atoms with Crippen molar-refractivity contribution < 1.29 is 14.3 Å². The predicted molar refractivity (Wildman–Crippen MR) is 48.3 cm³/mol. The van der Waals surface area contributed by atoms with Gasteiger partial charge in [0.1, 0.15) is 0 Å². The number of hydrogen-bond acceptors (Lipinski definition) is 1. The third-order valence-corrected chi connectivity index (χ3v) is 2.78. The average molecular weight is 205 g/mol. The van der Waals surface area contributed by atoms with Gasteiger partial charge in [-0.3, -0.25) is 0 Å². The maximum atomic E-state index is 13.9. The van der Waals surface area contributed by atoms with E-state index in [1.54, 1.807) is 0 Å². The minimum absolute atomic E-state index is 0.0664. The Balaban J connectivity index is 3.24. The van der Waals surface area contributed by atoms with E-state index in [0.717, 1.165) is 0 Å². The second-order valence-electron chi connectivity index (χ2n) is 3.14. The zero-order chi connectivity index (χ0) is 10.2. The fraction of sp³-hybridized carbons (Fsp3) is 0.444. The molecule has 0 heterocycles. The molecule has 0 fully saturated rings. The molecule has 1 N–H and O–H groups in total. The maximum Gasteiger partial charge on any atom is 0.346 e. The van der Waals surface area contributed by atoms with Gasteiger partial charge in [-0.25, -0.2) is 9.18 Å². The molecule has 4 heteroatoms. The highest BCUT2D eigenvalue weighted by Crippen LogP contribution is 2.38. The lowest BCUT2D eigenvalue weighted by molar-refractivity contribution is -0.150. The van der Waals surface area contributed by atoms with Crippen molar-refractivity contribution in [3.8, 4) is 0 Å². The summed E-state index contributed by atoms with van der Waals surface area (Å²) in [6.07, 6.45) is 2.99. The summed E-state index contributed by atoms with van der Waals surface area (Å²) in [7, 11) is 0. The van der Waals surface area contributed by atoms with Crippen LogP contribution in [0, 0.1) is 5.92 Å². The monoisotopic (exact) mass is 204 g/mol. The Kier molecular flexibility index (Phi) is 2.48. The molecule has 0 aromatic rings. The van der Waals surface area contributed by atoms with E-state index < -0.39 is 17.6 Å². The minimum Gasteiger partial charge on any atom is -0.479 e. The molecule has 13 heavy (non-hydrogen) atoms. The Hall–Kier alpha value is -0.830. The van der Waals surface area contributed by atoms with Gasteiger partial charge in [-0.15, -0.1) is 0 Å². The SMILES string of the molecule is CC1=C(Cl)C=CC(C)C1(F)C(=O)O. The van der Waals surface area contributed by atoms with Crippen LogP contribution >= 0.6 is 11.6 Å². The van der Waals surface area contributed by atoms with Gasteiger partial charge in [-0.2, -0.15) is 0 Å². The van der Waals surface area contributed by atoms with Crippen LogP contribution in [0.2, 0.25) is 0 Å². The smallest absolute Gasteiger partial charge is 0.346 e. The number of carbonyl (C=O) groups is 1. The topological polar surface area (TPSA) is 37.3 Å². The number of alkyl halides is 1. The molecule has 2 nitrogen and oxygen atoms in total. The maximum absolute atomic E-state index is 13.9. The van der Waals surface area contributed by atoms with Gasteiger partial charge in [0.15, 0.2) is 0 Å². The number of halogens is 2. The molecule has 0 saturated carbocycles. The molecule has 0 saturated heterocycles. The minimum atomic E-state index is -2.36. The van der Waals surface area contributed by atoms with Gasteiger partial charge in [-0.1, -0.05) is 24.6 Å². The summed E-state index contributed by atoms with van der Waals surface area (Å²) in [6.45, 7) is 2.91. The Morgan fingerprint density at radius 2 is 2.31 bits per heavy atom. The predicted octanol–water partition coefficient (Wildman–Crippen LogP) is 2.50. The van der Waals surface area contributed by atoms with Crippen LogP contribution in [0.1, 0.15) is 13.8 Å². The summed E-state index contributed by atoms with van der Waals surface area (Å²) >= 11 is 5.65. The van der Waals surface area contributed by atoms with Crippen LogP contribution in [0.3, 0.4) is 0 Å². The van der Waals surface area contributed by atoms with Crippen LogP contribution in [-0.4, -0.2) is 16.7 Å². The molecule has 0 radical (unpaired) electrons. The summed E-state index contributed by atoms with van der Waals surface area (Å²) in [4.78, 5) is 10.7. The number of rotatable bonds is 1. The molecule has 72 valence electrons. The van der Waals surface area contributed by atoms with Crippen LogP contribution in [0.4, 0.5) is 4.39 Å². The second kappa shape index (κ2) is 3.14. The van der Waals surface area contributed by atoms with E-state index >= 15 is 0 Å². The molecule has 0 amide bonds. The standard InChI is InChI=1S/C9H10ClFO2/c1-5-3-4-7(10)6(2)9(5,11)8(12)13/h3-5H,1-2H3,(H,12,13). The summed E-state index contributed by atoms with van der Waals surface area (Å²) in [5, 5.41) is 8.92. The van der Waals surface area contributed by atoms with Gasteiger partial charge in [0.05, 0.1) is 0 Å². The van der Waals surface area contributed by atoms with Gasteiger partial charge >= 0.3 is 5.97 Å². The molecule has 1 rings (SSSR count).